The molecule has 1 heterocycles. The zero-order valence-electron chi connectivity index (χ0n) is 9.63. The number of rotatable bonds is 2. The van der Waals surface area contributed by atoms with Crippen LogP contribution in [0.2, 0.25) is 5.28 Å². The summed E-state index contributed by atoms with van der Waals surface area (Å²) < 4.78 is 2.12. The Labute approximate surface area is 95.8 Å². The summed E-state index contributed by atoms with van der Waals surface area (Å²) in [7, 11) is 0. The summed E-state index contributed by atoms with van der Waals surface area (Å²) in [5.74, 6) is 1.02. The minimum absolute atomic E-state index is 0.434. The molecule has 15 heavy (non-hydrogen) atoms. The Morgan fingerprint density at radius 3 is 2.73 bits per heavy atom. The fourth-order valence-corrected chi connectivity index (χ4v) is 2.80. The second-order valence-corrected chi connectivity index (χ2v) is 5.51. The predicted octanol–water partition coefficient (Wildman–Crippen LogP) is 3.25. The van der Waals surface area contributed by atoms with Crippen molar-refractivity contribution in [3.63, 3.8) is 0 Å². The number of aromatic nitrogens is 3. The Morgan fingerprint density at radius 2 is 2.20 bits per heavy atom. The van der Waals surface area contributed by atoms with Gasteiger partial charge in [0.05, 0.1) is 0 Å². The Morgan fingerprint density at radius 1 is 1.47 bits per heavy atom. The molecule has 1 aliphatic carbocycles. The van der Waals surface area contributed by atoms with Crippen LogP contribution in [0.1, 0.15) is 51.9 Å². The van der Waals surface area contributed by atoms with Gasteiger partial charge in [-0.3, -0.25) is 4.57 Å². The SMILES string of the molecule is CCc1nnc(Cl)n1C1CCC(C)(C)C1. The minimum atomic E-state index is 0.434. The summed E-state index contributed by atoms with van der Waals surface area (Å²) in [6, 6.07) is 0.498. The number of halogens is 1. The van der Waals surface area contributed by atoms with Crippen LogP contribution in [0.3, 0.4) is 0 Å². The van der Waals surface area contributed by atoms with Crippen LogP contribution in [0.15, 0.2) is 0 Å². The lowest BCUT2D eigenvalue weighted by atomic mass is 9.92. The summed E-state index contributed by atoms with van der Waals surface area (Å²) in [5, 5.41) is 8.62. The van der Waals surface area contributed by atoms with Gasteiger partial charge in [0, 0.05) is 12.5 Å². The maximum atomic E-state index is 6.09. The molecule has 1 aromatic heterocycles. The van der Waals surface area contributed by atoms with Crippen molar-refractivity contribution in [2.45, 2.75) is 52.5 Å². The van der Waals surface area contributed by atoms with Crippen molar-refractivity contribution in [1.29, 1.82) is 0 Å². The lowest BCUT2D eigenvalue weighted by Crippen LogP contribution is -2.12. The number of aryl methyl sites for hydroxylation is 1. The van der Waals surface area contributed by atoms with Crippen LogP contribution < -0.4 is 0 Å². The van der Waals surface area contributed by atoms with Gasteiger partial charge in [0.2, 0.25) is 5.28 Å². The van der Waals surface area contributed by atoms with Crippen molar-refractivity contribution < 1.29 is 0 Å². The predicted molar refractivity (Wildman–Crippen MR) is 61.1 cm³/mol. The molecule has 4 heteroatoms. The molecular formula is C11H18ClN3. The fraction of sp³-hybridized carbons (Fsp3) is 0.818. The van der Waals surface area contributed by atoms with Crippen molar-refractivity contribution in [2.75, 3.05) is 0 Å². The van der Waals surface area contributed by atoms with Gasteiger partial charge < -0.3 is 0 Å². The fourth-order valence-electron chi connectivity index (χ4n) is 2.52. The highest BCUT2D eigenvalue weighted by Crippen LogP contribution is 2.44. The molecule has 84 valence electrons. The molecule has 0 bridgehead atoms. The van der Waals surface area contributed by atoms with Crippen LogP contribution in [0.4, 0.5) is 0 Å². The molecular weight excluding hydrogens is 210 g/mol. The van der Waals surface area contributed by atoms with E-state index in [1.54, 1.807) is 0 Å². The van der Waals surface area contributed by atoms with E-state index in [0.29, 0.717) is 16.7 Å². The van der Waals surface area contributed by atoms with Crippen molar-refractivity contribution in [1.82, 2.24) is 14.8 Å². The highest BCUT2D eigenvalue weighted by atomic mass is 35.5. The van der Waals surface area contributed by atoms with E-state index in [9.17, 15) is 0 Å². The average Bonchev–Trinajstić information content (AvgIpc) is 2.69. The lowest BCUT2D eigenvalue weighted by Gasteiger charge is -2.19. The largest absolute Gasteiger partial charge is 0.299 e. The zero-order chi connectivity index (χ0) is 11.1. The molecule has 0 saturated heterocycles. The van der Waals surface area contributed by atoms with Crippen molar-refractivity contribution in [3.8, 4) is 0 Å². The Balaban J connectivity index is 2.26. The quantitative estimate of drug-likeness (QED) is 0.777. The maximum Gasteiger partial charge on any atom is 0.225 e. The lowest BCUT2D eigenvalue weighted by molar-refractivity contribution is 0.356. The second-order valence-electron chi connectivity index (χ2n) is 5.17. The van der Waals surface area contributed by atoms with E-state index in [1.165, 1.54) is 19.3 Å². The highest BCUT2D eigenvalue weighted by Gasteiger charge is 2.33. The topological polar surface area (TPSA) is 30.7 Å². The second kappa shape index (κ2) is 3.78. The molecule has 0 N–H and O–H groups in total. The van der Waals surface area contributed by atoms with Crippen LogP contribution in [-0.2, 0) is 6.42 Å². The standard InChI is InChI=1S/C11H18ClN3/c1-4-9-13-14-10(12)15(9)8-5-6-11(2,3)7-8/h8H,4-7H2,1-3H3. The monoisotopic (exact) mass is 227 g/mol. The maximum absolute atomic E-state index is 6.09. The van der Waals surface area contributed by atoms with E-state index >= 15 is 0 Å². The smallest absolute Gasteiger partial charge is 0.225 e. The van der Waals surface area contributed by atoms with Gasteiger partial charge in [-0.2, -0.15) is 0 Å². The van der Waals surface area contributed by atoms with E-state index in [-0.39, 0.29) is 0 Å². The van der Waals surface area contributed by atoms with E-state index in [2.05, 4.69) is 35.5 Å². The molecule has 3 nitrogen and oxygen atoms in total. The summed E-state index contributed by atoms with van der Waals surface area (Å²) >= 11 is 6.09. The molecule has 0 aromatic carbocycles. The highest BCUT2D eigenvalue weighted by molar-refractivity contribution is 6.28. The van der Waals surface area contributed by atoms with Crippen molar-refractivity contribution in [2.24, 2.45) is 5.41 Å². The van der Waals surface area contributed by atoms with Crippen LogP contribution >= 0.6 is 11.6 Å². The van der Waals surface area contributed by atoms with E-state index in [1.807, 2.05) is 0 Å². The third-order valence-corrected chi connectivity index (χ3v) is 3.61. The van der Waals surface area contributed by atoms with E-state index in [4.69, 9.17) is 11.6 Å². The molecule has 1 unspecified atom stereocenters. The van der Waals surface area contributed by atoms with E-state index in [0.717, 1.165) is 12.2 Å². The van der Waals surface area contributed by atoms with Gasteiger partial charge in [0.25, 0.3) is 0 Å². The summed E-state index contributed by atoms with van der Waals surface area (Å²) in [6.45, 7) is 6.73. The average molecular weight is 228 g/mol. The molecule has 1 aliphatic rings. The molecule has 1 saturated carbocycles. The normalized spacial score (nSPS) is 24.7. The van der Waals surface area contributed by atoms with Gasteiger partial charge in [-0.1, -0.05) is 20.8 Å². The summed E-state index contributed by atoms with van der Waals surface area (Å²) in [4.78, 5) is 0. The minimum Gasteiger partial charge on any atom is -0.299 e. The first kappa shape index (κ1) is 10.9. The zero-order valence-corrected chi connectivity index (χ0v) is 10.4. The van der Waals surface area contributed by atoms with Gasteiger partial charge in [-0.05, 0) is 36.3 Å². The van der Waals surface area contributed by atoms with Gasteiger partial charge >= 0.3 is 0 Å². The van der Waals surface area contributed by atoms with Crippen LogP contribution in [0, 0.1) is 5.41 Å². The first-order valence-corrected chi connectivity index (χ1v) is 6.00. The Hall–Kier alpha value is -0.570. The van der Waals surface area contributed by atoms with Gasteiger partial charge in [0.15, 0.2) is 0 Å². The molecule has 2 rings (SSSR count). The number of nitrogens with zero attached hydrogens (tertiary/aromatic N) is 3. The molecule has 0 amide bonds. The van der Waals surface area contributed by atoms with Crippen LogP contribution in [-0.4, -0.2) is 14.8 Å². The first-order valence-electron chi connectivity index (χ1n) is 5.63. The first-order chi connectivity index (χ1) is 7.03. The summed E-state index contributed by atoms with van der Waals surface area (Å²) in [5.41, 5.74) is 0.434. The molecule has 0 aliphatic heterocycles. The summed E-state index contributed by atoms with van der Waals surface area (Å²) in [6.07, 6.45) is 4.53. The third-order valence-electron chi connectivity index (χ3n) is 3.35. The molecule has 1 fully saturated rings. The number of hydrogen-bond donors (Lipinski definition) is 0. The van der Waals surface area contributed by atoms with Crippen molar-refractivity contribution >= 4 is 11.6 Å². The van der Waals surface area contributed by atoms with Gasteiger partial charge in [-0.25, -0.2) is 0 Å². The Bertz CT molecular complexity index is 357. The molecule has 1 aromatic rings. The van der Waals surface area contributed by atoms with Crippen LogP contribution in [0.25, 0.3) is 0 Å². The van der Waals surface area contributed by atoms with Gasteiger partial charge in [0.1, 0.15) is 5.82 Å². The van der Waals surface area contributed by atoms with Crippen LogP contribution in [0.5, 0.6) is 0 Å². The molecule has 0 radical (unpaired) electrons. The Kier molecular flexibility index (Phi) is 2.75. The molecule has 1 atom stereocenters. The van der Waals surface area contributed by atoms with E-state index < -0.39 is 0 Å². The molecule has 0 spiro atoms. The third kappa shape index (κ3) is 2.03. The van der Waals surface area contributed by atoms with Gasteiger partial charge in [-0.15, -0.1) is 10.2 Å². The number of hydrogen-bond acceptors (Lipinski definition) is 2. The van der Waals surface area contributed by atoms with Crippen molar-refractivity contribution in [3.05, 3.63) is 11.1 Å².